The summed E-state index contributed by atoms with van der Waals surface area (Å²) in [5.41, 5.74) is 6.62. The van der Waals surface area contributed by atoms with E-state index in [0.717, 1.165) is 5.56 Å². The van der Waals surface area contributed by atoms with Gasteiger partial charge in [-0.05, 0) is 29.9 Å². The molecule has 2 atom stereocenters. The number of phenols is 2. The van der Waals surface area contributed by atoms with Crippen molar-refractivity contribution in [2.45, 2.75) is 19.8 Å². The molecule has 3 nitrogen and oxygen atoms in total. The molecule has 15 heavy (non-hydrogen) atoms. The molecule has 1 saturated carbocycles. The second kappa shape index (κ2) is 3.14. The maximum Gasteiger partial charge on any atom is 0.160 e. The number of aromatic hydroxyl groups is 2. The van der Waals surface area contributed by atoms with Crippen molar-refractivity contribution in [2.24, 2.45) is 17.1 Å². The maximum absolute atomic E-state index is 9.76. The summed E-state index contributed by atoms with van der Waals surface area (Å²) in [7, 11) is 0. The first-order valence-electron chi connectivity index (χ1n) is 5.21. The van der Waals surface area contributed by atoms with Crippen LogP contribution in [-0.2, 0) is 0 Å². The smallest absolute Gasteiger partial charge is 0.160 e. The van der Waals surface area contributed by atoms with Crippen LogP contribution in [0, 0.1) is 11.3 Å². The normalized spacial score (nSPS) is 27.7. The molecule has 0 spiro atoms. The van der Waals surface area contributed by atoms with E-state index < -0.39 is 0 Å². The molecule has 0 bridgehead atoms. The molecule has 0 aromatic heterocycles. The summed E-state index contributed by atoms with van der Waals surface area (Å²) in [5, 5.41) is 19.2. The van der Waals surface area contributed by atoms with Crippen LogP contribution < -0.4 is 5.73 Å². The summed E-state index contributed by atoms with van der Waals surface area (Å²) >= 11 is 0. The lowest BCUT2D eigenvalue weighted by Crippen LogP contribution is -2.05. The van der Waals surface area contributed by atoms with Gasteiger partial charge in [0.2, 0.25) is 0 Å². The first kappa shape index (κ1) is 10.3. The van der Waals surface area contributed by atoms with Gasteiger partial charge in [0.05, 0.1) is 0 Å². The molecule has 1 aromatic rings. The van der Waals surface area contributed by atoms with Gasteiger partial charge in [0, 0.05) is 5.56 Å². The van der Waals surface area contributed by atoms with Crippen molar-refractivity contribution in [3.8, 4) is 11.5 Å². The zero-order valence-electron chi connectivity index (χ0n) is 9.07. The van der Waals surface area contributed by atoms with Crippen LogP contribution in [0.4, 0.5) is 0 Å². The van der Waals surface area contributed by atoms with E-state index >= 15 is 0 Å². The molecule has 0 aliphatic heterocycles. The lowest BCUT2D eigenvalue weighted by molar-refractivity contribution is 0.397. The molecule has 0 saturated heterocycles. The monoisotopic (exact) mass is 207 g/mol. The number of nitrogens with two attached hydrogens (primary N) is 1. The number of phenolic OH excluding ortho intramolecular Hbond substituents is 2. The molecular weight excluding hydrogens is 190 g/mol. The van der Waals surface area contributed by atoms with Crippen LogP contribution in [0.3, 0.4) is 0 Å². The maximum atomic E-state index is 9.76. The topological polar surface area (TPSA) is 66.5 Å². The predicted octanol–water partition coefficient (Wildman–Crippen LogP) is 1.80. The third-order valence-electron chi connectivity index (χ3n) is 3.69. The molecule has 82 valence electrons. The lowest BCUT2D eigenvalue weighted by Gasteiger charge is -2.06. The van der Waals surface area contributed by atoms with Gasteiger partial charge in [0.15, 0.2) is 11.5 Å². The largest absolute Gasteiger partial charge is 0.504 e. The Hall–Kier alpha value is -1.22. The quantitative estimate of drug-likeness (QED) is 0.648. The van der Waals surface area contributed by atoms with Gasteiger partial charge in [-0.2, -0.15) is 0 Å². The molecule has 2 unspecified atom stereocenters. The van der Waals surface area contributed by atoms with Crippen molar-refractivity contribution >= 4 is 0 Å². The molecule has 1 aliphatic carbocycles. The zero-order valence-corrected chi connectivity index (χ0v) is 9.07. The molecule has 2 rings (SSSR count). The molecular formula is C12H17NO2. The van der Waals surface area contributed by atoms with Crippen molar-refractivity contribution in [3.63, 3.8) is 0 Å². The van der Waals surface area contributed by atoms with Crippen LogP contribution in [0.25, 0.3) is 0 Å². The van der Waals surface area contributed by atoms with Gasteiger partial charge >= 0.3 is 0 Å². The van der Waals surface area contributed by atoms with E-state index in [1.807, 2.05) is 6.07 Å². The van der Waals surface area contributed by atoms with E-state index in [2.05, 4.69) is 13.8 Å². The van der Waals surface area contributed by atoms with Crippen LogP contribution in [0.1, 0.15) is 25.3 Å². The highest BCUT2D eigenvalue weighted by atomic mass is 16.3. The van der Waals surface area contributed by atoms with Gasteiger partial charge < -0.3 is 15.9 Å². The highest BCUT2D eigenvalue weighted by Gasteiger charge is 2.58. The predicted molar refractivity (Wildman–Crippen MR) is 58.8 cm³/mol. The minimum absolute atomic E-state index is 0.00604. The van der Waals surface area contributed by atoms with E-state index in [4.69, 9.17) is 5.73 Å². The van der Waals surface area contributed by atoms with Gasteiger partial charge in [-0.3, -0.25) is 0 Å². The van der Waals surface area contributed by atoms with Crippen LogP contribution in [0.15, 0.2) is 18.2 Å². The number of hydrogen-bond donors (Lipinski definition) is 3. The Balaban J connectivity index is 2.37. The highest BCUT2D eigenvalue weighted by Crippen LogP contribution is 2.65. The Kier molecular flexibility index (Phi) is 2.15. The number of hydrogen-bond acceptors (Lipinski definition) is 3. The SMILES string of the molecule is CC1(C)C(CN)C1c1cccc(O)c1O. The second-order valence-electron chi connectivity index (χ2n) is 4.86. The van der Waals surface area contributed by atoms with Gasteiger partial charge in [-0.1, -0.05) is 26.0 Å². The highest BCUT2D eigenvalue weighted by molar-refractivity contribution is 5.49. The van der Waals surface area contributed by atoms with Gasteiger partial charge in [0.1, 0.15) is 0 Å². The molecule has 1 fully saturated rings. The summed E-state index contributed by atoms with van der Waals surface area (Å²) < 4.78 is 0. The van der Waals surface area contributed by atoms with Gasteiger partial charge in [-0.15, -0.1) is 0 Å². The van der Waals surface area contributed by atoms with Crippen LogP contribution in [-0.4, -0.2) is 16.8 Å². The average Bonchev–Trinajstić information content (AvgIpc) is 2.73. The molecule has 0 amide bonds. The second-order valence-corrected chi connectivity index (χ2v) is 4.86. The minimum Gasteiger partial charge on any atom is -0.504 e. The summed E-state index contributed by atoms with van der Waals surface area (Å²) in [6.45, 7) is 4.89. The number of rotatable bonds is 2. The van der Waals surface area contributed by atoms with Gasteiger partial charge in [0.25, 0.3) is 0 Å². The average molecular weight is 207 g/mol. The first-order valence-corrected chi connectivity index (χ1v) is 5.21. The molecule has 0 heterocycles. The molecule has 4 N–H and O–H groups in total. The molecule has 0 radical (unpaired) electrons. The van der Waals surface area contributed by atoms with Gasteiger partial charge in [-0.25, -0.2) is 0 Å². The Bertz CT molecular complexity index is 387. The van der Waals surface area contributed by atoms with Crippen molar-refractivity contribution in [3.05, 3.63) is 23.8 Å². The van der Waals surface area contributed by atoms with Crippen LogP contribution >= 0.6 is 0 Å². The third-order valence-corrected chi connectivity index (χ3v) is 3.69. The van der Waals surface area contributed by atoms with Crippen molar-refractivity contribution < 1.29 is 10.2 Å². The van der Waals surface area contributed by atoms with E-state index in [-0.39, 0.29) is 22.8 Å². The Morgan fingerprint density at radius 1 is 1.33 bits per heavy atom. The minimum atomic E-state index is -0.0500. The fraction of sp³-hybridized carbons (Fsp3) is 0.500. The number of benzene rings is 1. The zero-order chi connectivity index (χ0) is 11.2. The van der Waals surface area contributed by atoms with Crippen molar-refractivity contribution in [1.82, 2.24) is 0 Å². The fourth-order valence-corrected chi connectivity index (χ4v) is 2.60. The molecule has 3 heteroatoms. The Morgan fingerprint density at radius 2 is 2.00 bits per heavy atom. The van der Waals surface area contributed by atoms with E-state index in [0.29, 0.717) is 12.5 Å². The Morgan fingerprint density at radius 3 is 2.53 bits per heavy atom. The lowest BCUT2D eigenvalue weighted by atomic mass is 10.0. The van der Waals surface area contributed by atoms with E-state index in [1.165, 1.54) is 6.07 Å². The first-order chi connectivity index (χ1) is 7.00. The standard InChI is InChI=1S/C12H17NO2/c1-12(2)8(6-13)10(12)7-4-3-5-9(14)11(7)15/h3-5,8,10,14-15H,6,13H2,1-2H3. The summed E-state index contributed by atoms with van der Waals surface area (Å²) in [6.07, 6.45) is 0. The summed E-state index contributed by atoms with van der Waals surface area (Å²) in [6, 6.07) is 5.11. The summed E-state index contributed by atoms with van der Waals surface area (Å²) in [4.78, 5) is 0. The third kappa shape index (κ3) is 1.38. The van der Waals surface area contributed by atoms with E-state index in [9.17, 15) is 10.2 Å². The Labute approximate surface area is 89.5 Å². The van der Waals surface area contributed by atoms with Crippen molar-refractivity contribution in [2.75, 3.05) is 6.54 Å². The molecule has 1 aliphatic rings. The van der Waals surface area contributed by atoms with E-state index in [1.54, 1.807) is 6.07 Å². The van der Waals surface area contributed by atoms with Crippen molar-refractivity contribution in [1.29, 1.82) is 0 Å². The number of para-hydroxylation sites is 1. The van der Waals surface area contributed by atoms with Crippen LogP contribution in [0.2, 0.25) is 0 Å². The fourth-order valence-electron chi connectivity index (χ4n) is 2.60. The molecule has 1 aromatic carbocycles. The van der Waals surface area contributed by atoms with Crippen LogP contribution in [0.5, 0.6) is 11.5 Å². The summed E-state index contributed by atoms with van der Waals surface area (Å²) in [5.74, 6) is 0.609.